The Hall–Kier alpha value is -1.89. The van der Waals surface area contributed by atoms with Gasteiger partial charge in [0.25, 0.3) is 5.91 Å². The number of halogens is 1. The number of nitrogens with zero attached hydrogens (tertiary/aromatic N) is 2. The number of carbonyl (C=O) groups excluding carboxylic acids is 2. The Morgan fingerprint density at radius 2 is 1.88 bits per heavy atom. The van der Waals surface area contributed by atoms with Gasteiger partial charge in [0, 0.05) is 31.2 Å². The lowest BCUT2D eigenvalue weighted by atomic mass is 9.97. The summed E-state index contributed by atoms with van der Waals surface area (Å²) in [6, 6.07) is 6.45. The minimum atomic E-state index is -0.568. The van der Waals surface area contributed by atoms with Gasteiger partial charge in [0.15, 0.2) is 11.5 Å². The van der Waals surface area contributed by atoms with Crippen molar-refractivity contribution in [2.75, 3.05) is 39.4 Å². The zero-order chi connectivity index (χ0) is 18.7. The molecule has 0 aromatic heterocycles. The van der Waals surface area contributed by atoms with E-state index in [4.69, 9.17) is 16.3 Å². The first-order valence-electron chi connectivity index (χ1n) is 8.79. The number of carbonyl (C=O) groups is 2. The maximum absolute atomic E-state index is 12.6. The van der Waals surface area contributed by atoms with Crippen LogP contribution in [0.2, 0.25) is 5.02 Å². The number of hydrogen-bond donors (Lipinski definition) is 1. The molecule has 6 nitrogen and oxygen atoms in total. The van der Waals surface area contributed by atoms with Crippen molar-refractivity contribution >= 4 is 23.3 Å². The molecule has 1 N–H and O–H groups in total. The van der Waals surface area contributed by atoms with Crippen LogP contribution in [0.25, 0.3) is 0 Å². The maximum atomic E-state index is 12.6. The standard InChI is InChI=1S/C19H23ClN2O4/c1-13(23)16-17(14-3-5-15(20)6-4-14)22(19(25)18(16)24)8-2-7-21-9-11-26-12-10-21/h3-6,17,24H,2,7-12H2,1H3. The average molecular weight is 379 g/mol. The van der Waals surface area contributed by atoms with Gasteiger partial charge in [0.1, 0.15) is 0 Å². The largest absolute Gasteiger partial charge is 0.503 e. The van der Waals surface area contributed by atoms with E-state index in [0.717, 1.165) is 44.8 Å². The van der Waals surface area contributed by atoms with Crippen molar-refractivity contribution < 1.29 is 19.4 Å². The number of aliphatic hydroxyl groups is 1. The lowest BCUT2D eigenvalue weighted by Crippen LogP contribution is -2.39. The summed E-state index contributed by atoms with van der Waals surface area (Å²) in [4.78, 5) is 28.5. The highest BCUT2D eigenvalue weighted by atomic mass is 35.5. The summed E-state index contributed by atoms with van der Waals surface area (Å²) in [5.74, 6) is -1.23. The molecule has 1 unspecified atom stereocenters. The highest BCUT2D eigenvalue weighted by Crippen LogP contribution is 2.38. The summed E-state index contributed by atoms with van der Waals surface area (Å²) in [5, 5.41) is 10.8. The fourth-order valence-corrected chi connectivity index (χ4v) is 3.65. The Morgan fingerprint density at radius 3 is 2.50 bits per heavy atom. The summed E-state index contributed by atoms with van der Waals surface area (Å²) < 4.78 is 5.34. The number of morpholine rings is 1. The van der Waals surface area contributed by atoms with Gasteiger partial charge in [-0.2, -0.15) is 0 Å². The van der Waals surface area contributed by atoms with Crippen LogP contribution in [0.1, 0.15) is 24.9 Å². The molecule has 0 bridgehead atoms. The third-order valence-corrected chi connectivity index (χ3v) is 5.10. The van der Waals surface area contributed by atoms with E-state index in [2.05, 4.69) is 4.90 Å². The van der Waals surface area contributed by atoms with Crippen LogP contribution in [0, 0.1) is 0 Å². The molecule has 1 aromatic rings. The molecule has 2 heterocycles. The second-order valence-corrected chi connectivity index (χ2v) is 7.02. The first-order valence-corrected chi connectivity index (χ1v) is 9.17. The smallest absolute Gasteiger partial charge is 0.290 e. The number of amides is 1. The zero-order valence-corrected chi connectivity index (χ0v) is 15.5. The molecule has 140 valence electrons. The number of hydrogen-bond acceptors (Lipinski definition) is 5. The molecular formula is C19H23ClN2O4. The monoisotopic (exact) mass is 378 g/mol. The zero-order valence-electron chi connectivity index (χ0n) is 14.8. The van der Waals surface area contributed by atoms with Gasteiger partial charge in [0.05, 0.1) is 24.8 Å². The van der Waals surface area contributed by atoms with Crippen LogP contribution in [-0.4, -0.2) is 66.0 Å². The van der Waals surface area contributed by atoms with Gasteiger partial charge in [-0.3, -0.25) is 14.5 Å². The van der Waals surface area contributed by atoms with E-state index in [1.807, 2.05) is 0 Å². The highest BCUT2D eigenvalue weighted by molar-refractivity contribution is 6.30. The van der Waals surface area contributed by atoms with Crippen LogP contribution in [0.4, 0.5) is 0 Å². The van der Waals surface area contributed by atoms with Crippen molar-refractivity contribution in [1.82, 2.24) is 9.80 Å². The third kappa shape index (κ3) is 3.92. The van der Waals surface area contributed by atoms with Crippen molar-refractivity contribution in [3.05, 3.63) is 46.2 Å². The van der Waals surface area contributed by atoms with E-state index in [1.54, 1.807) is 29.2 Å². The summed E-state index contributed by atoms with van der Waals surface area (Å²) in [6.45, 7) is 5.91. The predicted octanol–water partition coefficient (Wildman–Crippen LogP) is 2.35. The van der Waals surface area contributed by atoms with Crippen LogP contribution < -0.4 is 0 Å². The van der Waals surface area contributed by atoms with E-state index in [0.29, 0.717) is 11.6 Å². The molecule has 1 aromatic carbocycles. The van der Waals surface area contributed by atoms with Crippen LogP contribution in [0.3, 0.4) is 0 Å². The van der Waals surface area contributed by atoms with Gasteiger partial charge in [-0.1, -0.05) is 23.7 Å². The Balaban J connectivity index is 1.76. The maximum Gasteiger partial charge on any atom is 0.290 e. The minimum Gasteiger partial charge on any atom is -0.503 e. The molecular weight excluding hydrogens is 356 g/mol. The minimum absolute atomic E-state index is 0.156. The first-order chi connectivity index (χ1) is 12.5. The molecule has 2 aliphatic rings. The summed E-state index contributed by atoms with van der Waals surface area (Å²) in [7, 11) is 0. The van der Waals surface area contributed by atoms with E-state index in [9.17, 15) is 14.7 Å². The van der Waals surface area contributed by atoms with Crippen LogP contribution in [-0.2, 0) is 14.3 Å². The van der Waals surface area contributed by atoms with E-state index >= 15 is 0 Å². The fraction of sp³-hybridized carbons (Fsp3) is 0.474. The van der Waals surface area contributed by atoms with Crippen molar-refractivity contribution in [2.45, 2.75) is 19.4 Å². The first kappa shape index (κ1) is 18.9. The molecule has 1 amide bonds. The van der Waals surface area contributed by atoms with Crippen molar-refractivity contribution in [3.8, 4) is 0 Å². The van der Waals surface area contributed by atoms with Crippen molar-refractivity contribution in [2.24, 2.45) is 0 Å². The lowest BCUT2D eigenvalue weighted by Gasteiger charge is -2.29. The number of ketones is 1. The molecule has 26 heavy (non-hydrogen) atoms. The van der Waals surface area contributed by atoms with Crippen LogP contribution >= 0.6 is 11.6 Å². The molecule has 7 heteroatoms. The van der Waals surface area contributed by atoms with Gasteiger partial charge < -0.3 is 14.7 Å². The Labute approximate surface area is 158 Å². The van der Waals surface area contributed by atoms with Gasteiger partial charge in [-0.05, 0) is 31.0 Å². The molecule has 1 atom stereocenters. The predicted molar refractivity (Wildman–Crippen MR) is 98.1 cm³/mol. The molecule has 0 radical (unpaired) electrons. The van der Waals surface area contributed by atoms with Gasteiger partial charge in [0.2, 0.25) is 0 Å². The molecule has 0 saturated carbocycles. The number of aliphatic hydroxyl groups excluding tert-OH is 1. The second-order valence-electron chi connectivity index (χ2n) is 6.58. The summed E-state index contributed by atoms with van der Waals surface area (Å²) in [5.41, 5.74) is 0.923. The number of benzene rings is 1. The number of ether oxygens (including phenoxy) is 1. The fourth-order valence-electron chi connectivity index (χ4n) is 3.52. The number of Topliss-reactive ketones (excluding diaryl/α,β-unsaturated/α-hetero) is 1. The van der Waals surface area contributed by atoms with Gasteiger partial charge >= 0.3 is 0 Å². The third-order valence-electron chi connectivity index (χ3n) is 4.85. The topological polar surface area (TPSA) is 70.1 Å². The van der Waals surface area contributed by atoms with Crippen molar-refractivity contribution in [1.29, 1.82) is 0 Å². The second kappa shape index (κ2) is 8.20. The SMILES string of the molecule is CC(=O)C1=C(O)C(=O)N(CCCN2CCOCC2)C1c1ccc(Cl)cc1. The highest BCUT2D eigenvalue weighted by Gasteiger charge is 2.41. The van der Waals surface area contributed by atoms with Gasteiger partial charge in [-0.15, -0.1) is 0 Å². The Morgan fingerprint density at radius 1 is 1.23 bits per heavy atom. The summed E-state index contributed by atoms with van der Waals surface area (Å²) >= 11 is 5.96. The lowest BCUT2D eigenvalue weighted by molar-refractivity contribution is -0.129. The molecule has 1 fully saturated rings. The molecule has 0 aliphatic carbocycles. The van der Waals surface area contributed by atoms with E-state index in [-0.39, 0.29) is 11.4 Å². The molecule has 0 spiro atoms. The van der Waals surface area contributed by atoms with Crippen molar-refractivity contribution in [3.63, 3.8) is 0 Å². The van der Waals surface area contributed by atoms with Crippen LogP contribution in [0.15, 0.2) is 35.6 Å². The quantitative estimate of drug-likeness (QED) is 0.822. The molecule has 3 rings (SSSR count). The average Bonchev–Trinajstić information content (AvgIpc) is 2.88. The Bertz CT molecular complexity index is 711. The Kier molecular flexibility index (Phi) is 5.96. The normalized spacial score (nSPS) is 21.5. The van der Waals surface area contributed by atoms with Gasteiger partial charge in [-0.25, -0.2) is 0 Å². The molecule has 2 aliphatic heterocycles. The van der Waals surface area contributed by atoms with E-state index in [1.165, 1.54) is 6.92 Å². The van der Waals surface area contributed by atoms with E-state index < -0.39 is 17.7 Å². The van der Waals surface area contributed by atoms with Crippen LogP contribution in [0.5, 0.6) is 0 Å². The summed E-state index contributed by atoms with van der Waals surface area (Å²) in [6.07, 6.45) is 0.758. The molecule has 1 saturated heterocycles. The number of rotatable bonds is 6.